The average molecular weight is 283 g/mol. The van der Waals surface area contributed by atoms with Crippen LogP contribution in [0.1, 0.15) is 17.3 Å². The Morgan fingerprint density at radius 2 is 1.95 bits per heavy atom. The highest BCUT2D eigenvalue weighted by Crippen LogP contribution is 2.24. The third kappa shape index (κ3) is 2.31. The molecule has 5 heteroatoms. The highest BCUT2D eigenvalue weighted by atomic mass is 16.2. The molecule has 1 atom stereocenters. The second-order valence-corrected chi connectivity index (χ2v) is 5.25. The molecule has 1 aliphatic rings. The van der Waals surface area contributed by atoms with E-state index in [0.717, 1.165) is 10.8 Å². The molecule has 0 spiro atoms. The molecule has 21 heavy (non-hydrogen) atoms. The minimum Gasteiger partial charge on any atom is -0.398 e. The van der Waals surface area contributed by atoms with Gasteiger partial charge < -0.3 is 16.0 Å². The normalized spacial score (nSPS) is 18.6. The largest absolute Gasteiger partial charge is 0.398 e. The van der Waals surface area contributed by atoms with Gasteiger partial charge in [0, 0.05) is 18.8 Å². The number of anilines is 1. The summed E-state index contributed by atoms with van der Waals surface area (Å²) in [5.41, 5.74) is 6.92. The van der Waals surface area contributed by atoms with Gasteiger partial charge in [-0.25, -0.2) is 0 Å². The number of hydrogen-bond donors (Lipinski definition) is 2. The van der Waals surface area contributed by atoms with Crippen molar-refractivity contribution in [3.05, 3.63) is 42.0 Å². The van der Waals surface area contributed by atoms with Crippen molar-refractivity contribution in [3.8, 4) is 0 Å². The molecular weight excluding hydrogens is 266 g/mol. The lowest BCUT2D eigenvalue weighted by atomic mass is 10.0. The van der Waals surface area contributed by atoms with Crippen molar-refractivity contribution in [1.29, 1.82) is 0 Å². The zero-order chi connectivity index (χ0) is 15.0. The standard InChI is InChI=1S/C16H17N3O2/c1-10-15(20)18-6-7-19(10)16(21)13-8-11-4-2-3-5-12(11)9-14(13)17/h2-5,8-10H,6-7,17H2,1H3,(H,18,20). The van der Waals surface area contributed by atoms with Gasteiger partial charge in [-0.05, 0) is 29.8 Å². The zero-order valence-corrected chi connectivity index (χ0v) is 11.8. The molecule has 1 aliphatic heterocycles. The van der Waals surface area contributed by atoms with E-state index in [4.69, 9.17) is 5.73 Å². The molecule has 1 fully saturated rings. The summed E-state index contributed by atoms with van der Waals surface area (Å²) < 4.78 is 0. The Morgan fingerprint density at radius 1 is 1.29 bits per heavy atom. The number of carbonyl (C=O) groups excluding carboxylic acids is 2. The molecule has 3 N–H and O–H groups in total. The van der Waals surface area contributed by atoms with Crippen LogP contribution in [0, 0.1) is 0 Å². The van der Waals surface area contributed by atoms with Gasteiger partial charge in [0.05, 0.1) is 5.56 Å². The van der Waals surface area contributed by atoms with Gasteiger partial charge in [-0.1, -0.05) is 24.3 Å². The SMILES string of the molecule is CC1C(=O)NCCN1C(=O)c1cc2ccccc2cc1N. The molecule has 1 unspecified atom stereocenters. The van der Waals surface area contributed by atoms with E-state index in [1.54, 1.807) is 24.0 Å². The Labute approximate surface area is 122 Å². The Bertz CT molecular complexity index is 727. The van der Waals surface area contributed by atoms with E-state index in [9.17, 15) is 9.59 Å². The third-order valence-electron chi connectivity index (χ3n) is 3.91. The number of amides is 2. The van der Waals surface area contributed by atoms with Gasteiger partial charge >= 0.3 is 0 Å². The summed E-state index contributed by atoms with van der Waals surface area (Å²) in [6.45, 7) is 2.70. The van der Waals surface area contributed by atoms with Crippen LogP contribution in [-0.2, 0) is 4.79 Å². The van der Waals surface area contributed by atoms with Gasteiger partial charge in [0.2, 0.25) is 5.91 Å². The van der Waals surface area contributed by atoms with Crippen LogP contribution in [0.2, 0.25) is 0 Å². The Kier molecular flexibility index (Phi) is 3.25. The molecule has 0 aromatic heterocycles. The van der Waals surface area contributed by atoms with Gasteiger partial charge in [0.25, 0.3) is 5.91 Å². The summed E-state index contributed by atoms with van der Waals surface area (Å²) in [6, 6.07) is 10.9. The van der Waals surface area contributed by atoms with E-state index in [1.165, 1.54) is 0 Å². The Balaban J connectivity index is 2.01. The van der Waals surface area contributed by atoms with E-state index in [0.29, 0.717) is 24.3 Å². The molecule has 3 rings (SSSR count). The number of rotatable bonds is 1. The number of carbonyl (C=O) groups is 2. The van der Waals surface area contributed by atoms with Crippen LogP contribution in [0.5, 0.6) is 0 Å². The lowest BCUT2D eigenvalue weighted by Crippen LogP contribution is -2.55. The van der Waals surface area contributed by atoms with Gasteiger partial charge in [0.1, 0.15) is 6.04 Å². The first-order valence-electron chi connectivity index (χ1n) is 6.95. The maximum atomic E-state index is 12.7. The molecule has 2 aromatic carbocycles. The minimum absolute atomic E-state index is 0.131. The average Bonchev–Trinajstić information content (AvgIpc) is 2.48. The number of nitrogens with one attached hydrogen (secondary N) is 1. The van der Waals surface area contributed by atoms with Crippen molar-refractivity contribution < 1.29 is 9.59 Å². The number of benzene rings is 2. The third-order valence-corrected chi connectivity index (χ3v) is 3.91. The van der Waals surface area contributed by atoms with E-state index in [-0.39, 0.29) is 11.8 Å². The van der Waals surface area contributed by atoms with E-state index in [2.05, 4.69) is 5.32 Å². The molecule has 5 nitrogen and oxygen atoms in total. The minimum atomic E-state index is -0.475. The number of piperazine rings is 1. The predicted octanol–water partition coefficient (Wildman–Crippen LogP) is 1.38. The quantitative estimate of drug-likeness (QED) is 0.776. The molecular formula is C16H17N3O2. The van der Waals surface area contributed by atoms with Gasteiger partial charge in [-0.15, -0.1) is 0 Å². The van der Waals surface area contributed by atoms with Gasteiger partial charge in [0.15, 0.2) is 0 Å². The lowest BCUT2D eigenvalue weighted by Gasteiger charge is -2.33. The van der Waals surface area contributed by atoms with Crippen LogP contribution in [-0.4, -0.2) is 35.8 Å². The van der Waals surface area contributed by atoms with E-state index < -0.39 is 6.04 Å². The summed E-state index contributed by atoms with van der Waals surface area (Å²) in [5, 5.41) is 4.71. The summed E-state index contributed by atoms with van der Waals surface area (Å²) in [4.78, 5) is 26.0. The molecule has 0 aliphatic carbocycles. The van der Waals surface area contributed by atoms with Gasteiger partial charge in [-0.2, -0.15) is 0 Å². The number of hydrogen-bond acceptors (Lipinski definition) is 3. The summed E-state index contributed by atoms with van der Waals surface area (Å²) in [6.07, 6.45) is 0. The van der Waals surface area contributed by atoms with Crippen molar-refractivity contribution in [1.82, 2.24) is 10.2 Å². The maximum absolute atomic E-state index is 12.7. The van der Waals surface area contributed by atoms with Crippen LogP contribution < -0.4 is 11.1 Å². The Morgan fingerprint density at radius 3 is 2.67 bits per heavy atom. The zero-order valence-electron chi connectivity index (χ0n) is 11.8. The smallest absolute Gasteiger partial charge is 0.256 e. The second-order valence-electron chi connectivity index (χ2n) is 5.25. The molecule has 1 heterocycles. The monoisotopic (exact) mass is 283 g/mol. The van der Waals surface area contributed by atoms with Crippen LogP contribution in [0.25, 0.3) is 10.8 Å². The highest BCUT2D eigenvalue weighted by molar-refractivity contribution is 6.05. The molecule has 2 amide bonds. The van der Waals surface area contributed by atoms with Crippen LogP contribution in [0.15, 0.2) is 36.4 Å². The molecule has 2 aromatic rings. The first-order chi connectivity index (χ1) is 10.1. The van der Waals surface area contributed by atoms with Crippen molar-refractivity contribution in [3.63, 3.8) is 0 Å². The first-order valence-corrected chi connectivity index (χ1v) is 6.95. The molecule has 0 bridgehead atoms. The molecule has 1 saturated heterocycles. The van der Waals surface area contributed by atoms with Crippen LogP contribution in [0.3, 0.4) is 0 Å². The highest BCUT2D eigenvalue weighted by Gasteiger charge is 2.30. The summed E-state index contributed by atoms with van der Waals surface area (Å²) >= 11 is 0. The lowest BCUT2D eigenvalue weighted by molar-refractivity contribution is -0.127. The Hall–Kier alpha value is -2.56. The van der Waals surface area contributed by atoms with Crippen LogP contribution >= 0.6 is 0 Å². The molecule has 108 valence electrons. The number of nitrogen functional groups attached to an aromatic ring is 1. The fraction of sp³-hybridized carbons (Fsp3) is 0.250. The summed E-state index contributed by atoms with van der Waals surface area (Å²) in [5.74, 6) is -0.324. The molecule has 0 radical (unpaired) electrons. The molecule has 0 saturated carbocycles. The van der Waals surface area contributed by atoms with Crippen molar-refractivity contribution in [2.45, 2.75) is 13.0 Å². The van der Waals surface area contributed by atoms with E-state index in [1.807, 2.05) is 24.3 Å². The van der Waals surface area contributed by atoms with Crippen molar-refractivity contribution >= 4 is 28.3 Å². The predicted molar refractivity (Wildman–Crippen MR) is 81.9 cm³/mol. The number of nitrogens with two attached hydrogens (primary N) is 1. The summed E-state index contributed by atoms with van der Waals surface area (Å²) in [7, 11) is 0. The van der Waals surface area contributed by atoms with Gasteiger partial charge in [-0.3, -0.25) is 9.59 Å². The van der Waals surface area contributed by atoms with Crippen LogP contribution in [0.4, 0.5) is 5.69 Å². The van der Waals surface area contributed by atoms with Crippen molar-refractivity contribution in [2.75, 3.05) is 18.8 Å². The topological polar surface area (TPSA) is 75.4 Å². The maximum Gasteiger partial charge on any atom is 0.256 e. The van der Waals surface area contributed by atoms with Crippen molar-refractivity contribution in [2.24, 2.45) is 0 Å². The van der Waals surface area contributed by atoms with E-state index >= 15 is 0 Å². The first kappa shape index (κ1) is 13.4. The number of fused-ring (bicyclic) bond motifs is 1. The second kappa shape index (κ2) is 5.09. The fourth-order valence-electron chi connectivity index (χ4n) is 2.66. The number of nitrogens with zero attached hydrogens (tertiary/aromatic N) is 1. The fourth-order valence-corrected chi connectivity index (χ4v) is 2.66.